The Bertz CT molecular complexity index is 631. The number of hydrogen-bond donors (Lipinski definition) is 0. The van der Waals surface area contributed by atoms with Crippen molar-refractivity contribution < 1.29 is 9.13 Å². The number of aromatic nitrogens is 2. The van der Waals surface area contributed by atoms with Crippen molar-refractivity contribution in [1.82, 2.24) is 9.97 Å². The molecule has 19 heavy (non-hydrogen) atoms. The van der Waals surface area contributed by atoms with E-state index in [0.29, 0.717) is 40.6 Å². The van der Waals surface area contributed by atoms with Crippen molar-refractivity contribution in [3.8, 4) is 11.4 Å². The van der Waals surface area contributed by atoms with Crippen LogP contribution in [0.25, 0.3) is 11.4 Å². The van der Waals surface area contributed by atoms with Crippen LogP contribution in [0.15, 0.2) is 22.7 Å². The summed E-state index contributed by atoms with van der Waals surface area (Å²) in [7, 11) is 0. The average Bonchev–Trinajstić information content (AvgIpc) is 2.37. The second-order valence-corrected chi connectivity index (χ2v) is 5.50. The van der Waals surface area contributed by atoms with Crippen LogP contribution in [0.5, 0.6) is 0 Å². The molecule has 0 aliphatic carbocycles. The zero-order chi connectivity index (χ0) is 13.4. The first-order chi connectivity index (χ1) is 9.13. The fraction of sp³-hybridized carbons (Fsp3) is 0.231. The van der Waals surface area contributed by atoms with Crippen molar-refractivity contribution in [2.24, 2.45) is 0 Å². The summed E-state index contributed by atoms with van der Waals surface area (Å²) in [6.07, 6.45) is 0.695. The van der Waals surface area contributed by atoms with Crippen molar-refractivity contribution in [1.29, 1.82) is 0 Å². The van der Waals surface area contributed by atoms with Gasteiger partial charge in [0.05, 0.1) is 18.9 Å². The van der Waals surface area contributed by atoms with Gasteiger partial charge in [-0.25, -0.2) is 14.4 Å². The lowest BCUT2D eigenvalue weighted by Crippen LogP contribution is -2.14. The van der Waals surface area contributed by atoms with E-state index < -0.39 is 0 Å². The first-order valence-electron chi connectivity index (χ1n) is 5.73. The topological polar surface area (TPSA) is 35.0 Å². The van der Waals surface area contributed by atoms with Gasteiger partial charge in [0.2, 0.25) is 0 Å². The van der Waals surface area contributed by atoms with Gasteiger partial charge >= 0.3 is 0 Å². The van der Waals surface area contributed by atoms with Crippen molar-refractivity contribution >= 4 is 27.5 Å². The minimum Gasteiger partial charge on any atom is -0.376 e. The maximum Gasteiger partial charge on any atom is 0.161 e. The Hall–Kier alpha value is -1.04. The van der Waals surface area contributed by atoms with Crippen LogP contribution in [0.1, 0.15) is 11.3 Å². The quantitative estimate of drug-likeness (QED) is 0.739. The minimum absolute atomic E-state index is 0.342. The molecule has 2 heterocycles. The molecule has 6 heteroatoms. The maximum absolute atomic E-state index is 13.4. The summed E-state index contributed by atoms with van der Waals surface area (Å²) < 4.78 is 19.4. The normalized spacial score (nSPS) is 14.3. The summed E-state index contributed by atoms with van der Waals surface area (Å²) in [6.45, 7) is 1.05. The Kier molecular flexibility index (Phi) is 3.52. The summed E-state index contributed by atoms with van der Waals surface area (Å²) in [5, 5.41) is 0.375. The smallest absolute Gasteiger partial charge is 0.161 e. The van der Waals surface area contributed by atoms with Gasteiger partial charge in [0, 0.05) is 22.0 Å². The molecule has 2 aromatic rings. The number of nitrogens with zero attached hydrogens (tertiary/aromatic N) is 2. The highest BCUT2D eigenvalue weighted by Gasteiger charge is 2.18. The lowest BCUT2D eigenvalue weighted by Gasteiger charge is -2.17. The predicted molar refractivity (Wildman–Crippen MR) is 73.5 cm³/mol. The summed E-state index contributed by atoms with van der Waals surface area (Å²) in [6, 6.07) is 4.54. The molecule has 0 radical (unpaired) electrons. The number of halogens is 3. The highest BCUT2D eigenvalue weighted by molar-refractivity contribution is 9.10. The van der Waals surface area contributed by atoms with Crippen LogP contribution >= 0.6 is 27.5 Å². The van der Waals surface area contributed by atoms with Crippen LogP contribution in [0.2, 0.25) is 5.15 Å². The first-order valence-corrected chi connectivity index (χ1v) is 6.90. The summed E-state index contributed by atoms with van der Waals surface area (Å²) in [5.74, 6) is 0.0935. The molecule has 0 spiro atoms. The zero-order valence-corrected chi connectivity index (χ0v) is 12.1. The lowest BCUT2D eigenvalue weighted by molar-refractivity contribution is 0.109. The summed E-state index contributed by atoms with van der Waals surface area (Å²) in [4.78, 5) is 8.69. The SMILES string of the molecule is Fc1cc(Br)cc(-c2nc(Cl)c3c(n2)CCOC3)c1. The molecule has 1 aliphatic rings. The van der Waals surface area contributed by atoms with Gasteiger partial charge in [0.25, 0.3) is 0 Å². The standard InChI is InChI=1S/C13H9BrClFN2O/c14-8-3-7(4-9(16)5-8)13-17-11-1-2-19-6-10(11)12(15)18-13/h3-5H,1-2,6H2. The van der Waals surface area contributed by atoms with Gasteiger partial charge in [-0.15, -0.1) is 0 Å². The second kappa shape index (κ2) is 5.15. The van der Waals surface area contributed by atoms with E-state index in [9.17, 15) is 4.39 Å². The number of hydrogen-bond acceptors (Lipinski definition) is 3. The minimum atomic E-state index is -0.342. The highest BCUT2D eigenvalue weighted by atomic mass is 79.9. The molecule has 1 aromatic heterocycles. The van der Waals surface area contributed by atoms with Crippen molar-refractivity contribution in [2.75, 3.05) is 6.61 Å². The third kappa shape index (κ3) is 2.63. The zero-order valence-electron chi connectivity index (χ0n) is 9.79. The Morgan fingerprint density at radius 2 is 2.11 bits per heavy atom. The van der Waals surface area contributed by atoms with Crippen LogP contribution in [-0.4, -0.2) is 16.6 Å². The lowest BCUT2D eigenvalue weighted by atomic mass is 10.1. The molecule has 0 saturated carbocycles. The van der Waals surface area contributed by atoms with E-state index >= 15 is 0 Å². The van der Waals surface area contributed by atoms with Crippen LogP contribution in [0.3, 0.4) is 0 Å². The van der Waals surface area contributed by atoms with Gasteiger partial charge < -0.3 is 4.74 Å². The molecule has 3 rings (SSSR count). The monoisotopic (exact) mass is 342 g/mol. The fourth-order valence-corrected chi connectivity index (χ4v) is 2.71. The third-order valence-electron chi connectivity index (χ3n) is 2.89. The van der Waals surface area contributed by atoms with Crippen LogP contribution in [0, 0.1) is 5.82 Å². The van der Waals surface area contributed by atoms with E-state index in [4.69, 9.17) is 16.3 Å². The number of ether oxygens (including phenoxy) is 1. The van der Waals surface area contributed by atoms with Crippen LogP contribution in [0.4, 0.5) is 4.39 Å². The van der Waals surface area contributed by atoms with Gasteiger partial charge in [-0.3, -0.25) is 0 Å². The molecule has 1 aliphatic heterocycles. The van der Waals surface area contributed by atoms with Gasteiger partial charge in [-0.2, -0.15) is 0 Å². The molecule has 0 fully saturated rings. The Labute approximate surface area is 122 Å². The van der Waals surface area contributed by atoms with E-state index in [-0.39, 0.29) is 5.82 Å². The van der Waals surface area contributed by atoms with Crippen molar-refractivity contribution in [3.63, 3.8) is 0 Å². The van der Waals surface area contributed by atoms with E-state index in [1.54, 1.807) is 6.07 Å². The molecule has 0 amide bonds. The fourth-order valence-electron chi connectivity index (χ4n) is 2.00. The maximum atomic E-state index is 13.4. The Balaban J connectivity index is 2.12. The highest BCUT2D eigenvalue weighted by Crippen LogP contribution is 2.27. The van der Waals surface area contributed by atoms with Gasteiger partial charge in [-0.05, 0) is 18.2 Å². The van der Waals surface area contributed by atoms with Crippen molar-refractivity contribution in [2.45, 2.75) is 13.0 Å². The predicted octanol–water partition coefficient (Wildman–Crippen LogP) is 3.77. The molecule has 0 unspecified atom stereocenters. The summed E-state index contributed by atoms with van der Waals surface area (Å²) in [5.41, 5.74) is 2.30. The molecule has 0 N–H and O–H groups in total. The van der Waals surface area contributed by atoms with Crippen LogP contribution < -0.4 is 0 Å². The first kappa shape index (κ1) is 13.0. The molecule has 0 saturated heterocycles. The number of fused-ring (bicyclic) bond motifs is 1. The summed E-state index contributed by atoms with van der Waals surface area (Å²) >= 11 is 9.40. The molecule has 3 nitrogen and oxygen atoms in total. The average molecular weight is 344 g/mol. The van der Waals surface area contributed by atoms with Crippen molar-refractivity contribution in [3.05, 3.63) is 44.9 Å². The molecule has 0 atom stereocenters. The molecular weight excluding hydrogens is 335 g/mol. The van der Waals surface area contributed by atoms with Gasteiger partial charge in [0.1, 0.15) is 11.0 Å². The molecular formula is C13H9BrClFN2O. The second-order valence-electron chi connectivity index (χ2n) is 4.22. The largest absolute Gasteiger partial charge is 0.376 e. The van der Waals surface area contributed by atoms with Crippen LogP contribution in [-0.2, 0) is 17.8 Å². The van der Waals surface area contributed by atoms with E-state index in [1.807, 2.05) is 0 Å². The van der Waals surface area contributed by atoms with Gasteiger partial charge in [-0.1, -0.05) is 27.5 Å². The van der Waals surface area contributed by atoms with E-state index in [2.05, 4.69) is 25.9 Å². The number of benzene rings is 1. The molecule has 0 bridgehead atoms. The number of rotatable bonds is 1. The Morgan fingerprint density at radius 1 is 1.26 bits per heavy atom. The third-order valence-corrected chi connectivity index (χ3v) is 3.66. The molecule has 1 aromatic carbocycles. The van der Waals surface area contributed by atoms with E-state index in [0.717, 1.165) is 11.3 Å². The van der Waals surface area contributed by atoms with E-state index in [1.165, 1.54) is 12.1 Å². The van der Waals surface area contributed by atoms with Gasteiger partial charge in [0.15, 0.2) is 5.82 Å². The molecule has 98 valence electrons. The Morgan fingerprint density at radius 3 is 2.89 bits per heavy atom.